The second-order valence-electron chi connectivity index (χ2n) is 4.07. The van der Waals surface area contributed by atoms with Gasteiger partial charge in [0.05, 0.1) is 19.3 Å². The third-order valence-corrected chi connectivity index (χ3v) is 2.90. The maximum atomic E-state index is 9.01. The standard InChI is InChI=1S/C10H20O3/c1-7(2)8-4-9(12-3)10(5-11)13-6-8/h7-11H,4-6H2,1-3H3. The third kappa shape index (κ3) is 2.66. The van der Waals surface area contributed by atoms with Crippen molar-refractivity contribution in [3.8, 4) is 0 Å². The monoisotopic (exact) mass is 188 g/mol. The summed E-state index contributed by atoms with van der Waals surface area (Å²) in [5.74, 6) is 1.19. The summed E-state index contributed by atoms with van der Waals surface area (Å²) in [6, 6.07) is 0. The second-order valence-corrected chi connectivity index (χ2v) is 4.07. The molecule has 0 radical (unpaired) electrons. The van der Waals surface area contributed by atoms with Crippen LogP contribution in [0.3, 0.4) is 0 Å². The fourth-order valence-corrected chi connectivity index (χ4v) is 1.76. The number of ether oxygens (including phenoxy) is 2. The molecule has 1 fully saturated rings. The lowest BCUT2D eigenvalue weighted by Gasteiger charge is -2.36. The van der Waals surface area contributed by atoms with Crippen LogP contribution in [0.25, 0.3) is 0 Å². The van der Waals surface area contributed by atoms with Gasteiger partial charge < -0.3 is 14.6 Å². The van der Waals surface area contributed by atoms with E-state index in [2.05, 4.69) is 13.8 Å². The average molecular weight is 188 g/mol. The van der Waals surface area contributed by atoms with Gasteiger partial charge in [-0.25, -0.2) is 0 Å². The Labute approximate surface area is 80.0 Å². The van der Waals surface area contributed by atoms with Gasteiger partial charge in [-0.05, 0) is 18.3 Å². The fourth-order valence-electron chi connectivity index (χ4n) is 1.76. The molecule has 0 aliphatic carbocycles. The van der Waals surface area contributed by atoms with Gasteiger partial charge in [0, 0.05) is 7.11 Å². The van der Waals surface area contributed by atoms with Gasteiger partial charge in [-0.15, -0.1) is 0 Å². The van der Waals surface area contributed by atoms with Crippen molar-refractivity contribution in [2.75, 3.05) is 20.3 Å². The highest BCUT2D eigenvalue weighted by Gasteiger charge is 2.32. The van der Waals surface area contributed by atoms with Crippen molar-refractivity contribution < 1.29 is 14.6 Å². The fraction of sp³-hybridized carbons (Fsp3) is 1.00. The van der Waals surface area contributed by atoms with Crippen LogP contribution >= 0.6 is 0 Å². The molecule has 3 unspecified atom stereocenters. The van der Waals surface area contributed by atoms with Crippen molar-refractivity contribution in [2.45, 2.75) is 32.5 Å². The lowest BCUT2D eigenvalue weighted by molar-refractivity contribution is -0.135. The van der Waals surface area contributed by atoms with E-state index in [0.29, 0.717) is 11.8 Å². The van der Waals surface area contributed by atoms with E-state index < -0.39 is 0 Å². The molecule has 0 aromatic carbocycles. The summed E-state index contributed by atoms with van der Waals surface area (Å²) in [4.78, 5) is 0. The summed E-state index contributed by atoms with van der Waals surface area (Å²) in [7, 11) is 1.68. The summed E-state index contributed by atoms with van der Waals surface area (Å²) < 4.78 is 10.8. The summed E-state index contributed by atoms with van der Waals surface area (Å²) >= 11 is 0. The van der Waals surface area contributed by atoms with Crippen LogP contribution in [0.4, 0.5) is 0 Å². The highest BCUT2D eigenvalue weighted by atomic mass is 16.5. The molecule has 13 heavy (non-hydrogen) atoms. The summed E-state index contributed by atoms with van der Waals surface area (Å²) in [5.41, 5.74) is 0. The van der Waals surface area contributed by atoms with Gasteiger partial charge in [-0.3, -0.25) is 0 Å². The Morgan fingerprint density at radius 1 is 1.54 bits per heavy atom. The van der Waals surface area contributed by atoms with Crippen LogP contribution in [-0.2, 0) is 9.47 Å². The molecule has 0 bridgehead atoms. The van der Waals surface area contributed by atoms with Gasteiger partial charge in [-0.1, -0.05) is 13.8 Å². The van der Waals surface area contributed by atoms with E-state index >= 15 is 0 Å². The SMILES string of the molecule is COC1CC(C(C)C)COC1CO. The van der Waals surface area contributed by atoms with Gasteiger partial charge in [0.25, 0.3) is 0 Å². The molecule has 3 nitrogen and oxygen atoms in total. The molecule has 0 aromatic heterocycles. The van der Waals surface area contributed by atoms with Crippen LogP contribution < -0.4 is 0 Å². The van der Waals surface area contributed by atoms with Gasteiger partial charge >= 0.3 is 0 Å². The molecule has 1 heterocycles. The normalized spacial score (nSPS) is 35.3. The number of methoxy groups -OCH3 is 1. The van der Waals surface area contributed by atoms with Crippen molar-refractivity contribution in [1.82, 2.24) is 0 Å². The van der Waals surface area contributed by atoms with Crippen LogP contribution in [-0.4, -0.2) is 37.6 Å². The predicted octanol–water partition coefficient (Wildman–Crippen LogP) is 1.05. The number of hydrogen-bond donors (Lipinski definition) is 1. The van der Waals surface area contributed by atoms with Gasteiger partial charge in [0.15, 0.2) is 0 Å². The van der Waals surface area contributed by atoms with E-state index in [-0.39, 0.29) is 18.8 Å². The molecule has 1 saturated heterocycles. The second kappa shape index (κ2) is 4.94. The van der Waals surface area contributed by atoms with E-state index in [0.717, 1.165) is 13.0 Å². The number of rotatable bonds is 3. The zero-order valence-electron chi connectivity index (χ0n) is 8.69. The van der Waals surface area contributed by atoms with Gasteiger partial charge in [-0.2, -0.15) is 0 Å². The van der Waals surface area contributed by atoms with Crippen LogP contribution in [0.15, 0.2) is 0 Å². The lowest BCUT2D eigenvalue weighted by atomic mass is 9.87. The number of hydrogen-bond acceptors (Lipinski definition) is 3. The van der Waals surface area contributed by atoms with Crippen LogP contribution in [0.1, 0.15) is 20.3 Å². The maximum absolute atomic E-state index is 9.01. The van der Waals surface area contributed by atoms with Crippen molar-refractivity contribution in [3.05, 3.63) is 0 Å². The van der Waals surface area contributed by atoms with Crippen LogP contribution in [0.2, 0.25) is 0 Å². The molecule has 0 saturated carbocycles. The zero-order valence-corrected chi connectivity index (χ0v) is 8.69. The highest BCUT2D eigenvalue weighted by molar-refractivity contribution is 4.80. The molecule has 1 N–H and O–H groups in total. The minimum absolute atomic E-state index is 0.0589. The van der Waals surface area contributed by atoms with E-state index in [9.17, 15) is 0 Å². The Balaban J connectivity index is 2.47. The molecular weight excluding hydrogens is 168 g/mol. The lowest BCUT2D eigenvalue weighted by Crippen LogP contribution is -2.43. The van der Waals surface area contributed by atoms with Crippen LogP contribution in [0, 0.1) is 11.8 Å². The van der Waals surface area contributed by atoms with Crippen molar-refractivity contribution in [1.29, 1.82) is 0 Å². The average Bonchev–Trinajstić information content (AvgIpc) is 2.16. The Kier molecular flexibility index (Phi) is 4.16. The molecule has 3 heteroatoms. The summed E-state index contributed by atoms with van der Waals surface area (Å²) in [6.45, 7) is 5.20. The largest absolute Gasteiger partial charge is 0.394 e. The maximum Gasteiger partial charge on any atom is 0.107 e. The Morgan fingerprint density at radius 2 is 2.23 bits per heavy atom. The first-order valence-electron chi connectivity index (χ1n) is 4.94. The number of aliphatic hydroxyl groups excluding tert-OH is 1. The molecular formula is C10H20O3. The minimum atomic E-state index is -0.125. The molecule has 78 valence electrons. The van der Waals surface area contributed by atoms with Gasteiger partial charge in [0.2, 0.25) is 0 Å². The van der Waals surface area contributed by atoms with Gasteiger partial charge in [0.1, 0.15) is 6.10 Å². The predicted molar refractivity (Wildman–Crippen MR) is 50.6 cm³/mol. The summed E-state index contributed by atoms with van der Waals surface area (Å²) in [5, 5.41) is 9.01. The van der Waals surface area contributed by atoms with Crippen molar-refractivity contribution in [3.63, 3.8) is 0 Å². The first-order valence-corrected chi connectivity index (χ1v) is 4.94. The summed E-state index contributed by atoms with van der Waals surface area (Å²) in [6.07, 6.45) is 0.936. The molecule has 0 aromatic rings. The van der Waals surface area contributed by atoms with E-state index in [4.69, 9.17) is 14.6 Å². The van der Waals surface area contributed by atoms with Crippen LogP contribution in [0.5, 0.6) is 0 Å². The van der Waals surface area contributed by atoms with E-state index in [1.165, 1.54) is 0 Å². The van der Waals surface area contributed by atoms with Crippen molar-refractivity contribution >= 4 is 0 Å². The molecule has 3 atom stereocenters. The first-order chi connectivity index (χ1) is 6.19. The zero-order chi connectivity index (χ0) is 9.84. The molecule has 1 aliphatic heterocycles. The van der Waals surface area contributed by atoms with Crippen molar-refractivity contribution in [2.24, 2.45) is 11.8 Å². The topological polar surface area (TPSA) is 38.7 Å². The first kappa shape index (κ1) is 11.0. The van der Waals surface area contributed by atoms with E-state index in [1.807, 2.05) is 0 Å². The minimum Gasteiger partial charge on any atom is -0.394 e. The molecule has 1 aliphatic rings. The third-order valence-electron chi connectivity index (χ3n) is 2.90. The quantitative estimate of drug-likeness (QED) is 0.719. The smallest absolute Gasteiger partial charge is 0.107 e. The Hall–Kier alpha value is -0.120. The molecule has 1 rings (SSSR count). The number of aliphatic hydroxyl groups is 1. The van der Waals surface area contributed by atoms with E-state index in [1.54, 1.807) is 7.11 Å². The molecule has 0 spiro atoms. The Morgan fingerprint density at radius 3 is 2.69 bits per heavy atom. The Bertz CT molecular complexity index is 147. The highest BCUT2D eigenvalue weighted by Crippen LogP contribution is 2.26. The molecule has 0 amide bonds.